The molecular weight excluding hydrogens is 228 g/mol. The van der Waals surface area contributed by atoms with Crippen LogP contribution >= 0.6 is 0 Å². The molecule has 3 atom stereocenters. The number of hydrogen-bond donors (Lipinski definition) is 0. The van der Waals surface area contributed by atoms with Crippen molar-refractivity contribution < 1.29 is 28.5 Å². The summed E-state index contributed by atoms with van der Waals surface area (Å²) in [6.45, 7) is 3.69. The van der Waals surface area contributed by atoms with Crippen LogP contribution in [0.25, 0.3) is 0 Å². The molecule has 0 aromatic heterocycles. The molecule has 3 heterocycles. The summed E-state index contributed by atoms with van der Waals surface area (Å²) >= 11 is 0. The number of ketones is 1. The molecule has 0 aromatic rings. The van der Waals surface area contributed by atoms with Gasteiger partial charge in [-0.15, -0.1) is 0 Å². The first-order valence-electron chi connectivity index (χ1n) is 5.68. The molecule has 0 radical (unpaired) electrons. The van der Waals surface area contributed by atoms with E-state index in [1.54, 1.807) is 13.8 Å². The number of rotatable bonds is 0. The molecule has 0 aliphatic carbocycles. The summed E-state index contributed by atoms with van der Waals surface area (Å²) in [6, 6.07) is 0. The van der Waals surface area contributed by atoms with Gasteiger partial charge < -0.3 is 18.9 Å². The minimum absolute atomic E-state index is 0.202. The van der Waals surface area contributed by atoms with Gasteiger partial charge in [-0.25, -0.2) is 0 Å². The van der Waals surface area contributed by atoms with E-state index < -0.39 is 29.8 Å². The van der Waals surface area contributed by atoms with Crippen molar-refractivity contribution >= 4 is 11.8 Å². The Morgan fingerprint density at radius 3 is 2.65 bits per heavy atom. The molecule has 6 nitrogen and oxygen atoms in total. The van der Waals surface area contributed by atoms with Crippen molar-refractivity contribution in [2.75, 3.05) is 6.61 Å². The van der Waals surface area contributed by atoms with E-state index in [2.05, 4.69) is 0 Å². The zero-order chi connectivity index (χ0) is 12.3. The Labute approximate surface area is 98.1 Å². The lowest BCUT2D eigenvalue weighted by Crippen LogP contribution is -2.56. The largest absolute Gasteiger partial charge is 0.425 e. The molecule has 0 aromatic carbocycles. The van der Waals surface area contributed by atoms with Gasteiger partial charge in [-0.2, -0.15) is 0 Å². The summed E-state index contributed by atoms with van der Waals surface area (Å²) in [5, 5.41) is 0. The zero-order valence-corrected chi connectivity index (χ0v) is 9.73. The maximum absolute atomic E-state index is 12.3. The summed E-state index contributed by atoms with van der Waals surface area (Å²) < 4.78 is 21.5. The second-order valence-corrected chi connectivity index (χ2v) is 5.00. The lowest BCUT2D eigenvalue weighted by molar-refractivity contribution is -0.235. The Morgan fingerprint density at radius 1 is 1.24 bits per heavy atom. The van der Waals surface area contributed by atoms with Gasteiger partial charge in [-0.1, -0.05) is 0 Å². The molecule has 0 bridgehead atoms. The number of carbonyl (C=O) groups excluding carboxylic acids is 2. The maximum atomic E-state index is 12.3. The van der Waals surface area contributed by atoms with Crippen molar-refractivity contribution in [2.45, 2.75) is 50.5 Å². The Hall–Kier alpha value is -0.980. The number of ether oxygens (including phenoxy) is 4. The summed E-state index contributed by atoms with van der Waals surface area (Å²) in [7, 11) is 0. The number of hydrogen-bond acceptors (Lipinski definition) is 6. The first kappa shape index (κ1) is 11.1. The van der Waals surface area contributed by atoms with E-state index in [1.165, 1.54) is 0 Å². The molecule has 0 N–H and O–H groups in total. The number of Topliss-reactive ketones (excluding diaryl/α,β-unsaturated/α-hetero) is 1. The minimum Gasteiger partial charge on any atom is -0.425 e. The molecule has 17 heavy (non-hydrogen) atoms. The minimum atomic E-state index is -1.43. The van der Waals surface area contributed by atoms with E-state index in [0.717, 1.165) is 0 Å². The molecular formula is C11H14O6. The fourth-order valence-electron chi connectivity index (χ4n) is 2.51. The van der Waals surface area contributed by atoms with Gasteiger partial charge in [-0.3, -0.25) is 9.59 Å². The molecule has 1 spiro atoms. The van der Waals surface area contributed by atoms with Gasteiger partial charge in [0, 0.05) is 6.42 Å². The van der Waals surface area contributed by atoms with E-state index in [4.69, 9.17) is 18.9 Å². The van der Waals surface area contributed by atoms with Crippen LogP contribution in [0.2, 0.25) is 0 Å². The van der Waals surface area contributed by atoms with Crippen LogP contribution in [-0.2, 0) is 28.5 Å². The third-order valence-electron chi connectivity index (χ3n) is 3.24. The van der Waals surface area contributed by atoms with Crippen molar-refractivity contribution in [1.29, 1.82) is 0 Å². The summed E-state index contributed by atoms with van der Waals surface area (Å²) in [6.07, 6.45) is -0.655. The molecule has 3 rings (SSSR count). The van der Waals surface area contributed by atoms with Crippen LogP contribution in [0, 0.1) is 0 Å². The van der Waals surface area contributed by atoms with Gasteiger partial charge in [0.1, 0.15) is 6.10 Å². The second kappa shape index (κ2) is 3.28. The summed E-state index contributed by atoms with van der Waals surface area (Å²) in [5.74, 6) is -2.98. The molecule has 0 saturated carbocycles. The monoisotopic (exact) mass is 242 g/mol. The lowest BCUT2D eigenvalue weighted by Gasteiger charge is -2.34. The Morgan fingerprint density at radius 2 is 2.00 bits per heavy atom. The topological polar surface area (TPSA) is 71.1 Å². The van der Waals surface area contributed by atoms with E-state index in [0.29, 0.717) is 0 Å². The Balaban J connectivity index is 1.85. The summed E-state index contributed by atoms with van der Waals surface area (Å²) in [4.78, 5) is 23.4. The van der Waals surface area contributed by atoms with E-state index in [9.17, 15) is 9.59 Å². The van der Waals surface area contributed by atoms with Crippen LogP contribution < -0.4 is 0 Å². The SMILES string of the molecule is CC1(C)OC2C(=O)[C@@]3(CCC(=O)O3)OC[C@H]2O1. The normalized spacial score (nSPS) is 43.9. The van der Waals surface area contributed by atoms with Crippen molar-refractivity contribution in [3.8, 4) is 0 Å². The molecule has 3 fully saturated rings. The molecule has 94 valence electrons. The van der Waals surface area contributed by atoms with Crippen LogP contribution in [0.5, 0.6) is 0 Å². The maximum Gasteiger partial charge on any atom is 0.308 e. The highest BCUT2D eigenvalue weighted by Crippen LogP contribution is 2.40. The van der Waals surface area contributed by atoms with Crippen molar-refractivity contribution in [3.05, 3.63) is 0 Å². The van der Waals surface area contributed by atoms with Crippen LogP contribution in [0.3, 0.4) is 0 Å². The van der Waals surface area contributed by atoms with Gasteiger partial charge in [0.05, 0.1) is 13.0 Å². The lowest BCUT2D eigenvalue weighted by atomic mass is 9.97. The average molecular weight is 242 g/mol. The molecule has 0 amide bonds. The van der Waals surface area contributed by atoms with Gasteiger partial charge in [0.15, 0.2) is 11.9 Å². The fraction of sp³-hybridized carbons (Fsp3) is 0.818. The Bertz CT molecular complexity index is 389. The number of esters is 1. The van der Waals surface area contributed by atoms with E-state index in [-0.39, 0.29) is 25.2 Å². The van der Waals surface area contributed by atoms with E-state index in [1.807, 2.05) is 0 Å². The van der Waals surface area contributed by atoms with Crippen LogP contribution in [-0.4, -0.2) is 42.1 Å². The third kappa shape index (κ3) is 1.59. The highest BCUT2D eigenvalue weighted by molar-refractivity contribution is 5.95. The Kier molecular flexibility index (Phi) is 2.14. The van der Waals surface area contributed by atoms with Crippen molar-refractivity contribution in [1.82, 2.24) is 0 Å². The van der Waals surface area contributed by atoms with Gasteiger partial charge in [-0.05, 0) is 13.8 Å². The standard InChI is InChI=1S/C11H14O6/c1-10(2)15-6-5-14-11(4-3-7(12)16-11)9(13)8(6)17-10/h6,8H,3-5H2,1-2H3/t6-,8?,11+/m1/s1. The highest BCUT2D eigenvalue weighted by Gasteiger charge is 2.60. The van der Waals surface area contributed by atoms with Gasteiger partial charge in [0.2, 0.25) is 5.78 Å². The van der Waals surface area contributed by atoms with E-state index >= 15 is 0 Å². The van der Waals surface area contributed by atoms with Crippen LogP contribution in [0.4, 0.5) is 0 Å². The van der Waals surface area contributed by atoms with Crippen LogP contribution in [0.15, 0.2) is 0 Å². The number of carbonyl (C=O) groups is 2. The van der Waals surface area contributed by atoms with Crippen molar-refractivity contribution in [2.24, 2.45) is 0 Å². The molecule has 3 aliphatic rings. The number of fused-ring (bicyclic) bond motifs is 1. The highest BCUT2D eigenvalue weighted by atomic mass is 16.8. The third-order valence-corrected chi connectivity index (χ3v) is 3.24. The fourth-order valence-corrected chi connectivity index (χ4v) is 2.51. The molecule has 1 unspecified atom stereocenters. The predicted octanol–water partition coefficient (Wildman–Crippen LogP) is 0.139. The van der Waals surface area contributed by atoms with Gasteiger partial charge in [0.25, 0.3) is 5.79 Å². The average Bonchev–Trinajstić information content (AvgIpc) is 2.75. The van der Waals surface area contributed by atoms with Crippen LogP contribution in [0.1, 0.15) is 26.7 Å². The smallest absolute Gasteiger partial charge is 0.308 e. The molecule has 3 saturated heterocycles. The van der Waals surface area contributed by atoms with Gasteiger partial charge >= 0.3 is 5.97 Å². The second-order valence-electron chi connectivity index (χ2n) is 5.00. The quantitative estimate of drug-likeness (QED) is 0.563. The molecule has 6 heteroatoms. The first-order valence-corrected chi connectivity index (χ1v) is 5.68. The predicted molar refractivity (Wildman–Crippen MR) is 52.8 cm³/mol. The molecule has 3 aliphatic heterocycles. The van der Waals surface area contributed by atoms with Crippen molar-refractivity contribution in [3.63, 3.8) is 0 Å². The summed E-state index contributed by atoms with van der Waals surface area (Å²) in [5.41, 5.74) is 0. The zero-order valence-electron chi connectivity index (χ0n) is 9.73. The first-order chi connectivity index (χ1) is 7.92.